The second-order valence-corrected chi connectivity index (χ2v) is 8.22. The number of para-hydroxylation sites is 2. The molecule has 122 valence electrons. The third-order valence-corrected chi connectivity index (χ3v) is 4.18. The summed E-state index contributed by atoms with van der Waals surface area (Å²) >= 11 is 0. The third-order valence-electron chi connectivity index (χ3n) is 3.45. The molecule has 0 spiro atoms. The minimum Gasteiger partial charge on any atom is -0.546 e. The SMILES string of the molecule is Cn1cnc(C(=Nc2ccccc2O[SiH](C)C)c2ccccc2)c1. The lowest BCUT2D eigenvalue weighted by atomic mass is 10.1. The lowest BCUT2D eigenvalue weighted by Crippen LogP contribution is -2.11. The quantitative estimate of drug-likeness (QED) is 0.523. The van der Waals surface area contributed by atoms with E-state index in [1.165, 1.54) is 0 Å². The number of benzene rings is 2. The van der Waals surface area contributed by atoms with Gasteiger partial charge in [0.2, 0.25) is 9.04 Å². The van der Waals surface area contributed by atoms with Gasteiger partial charge >= 0.3 is 0 Å². The van der Waals surface area contributed by atoms with E-state index in [-0.39, 0.29) is 0 Å². The molecule has 0 aliphatic carbocycles. The number of aliphatic imine (C=N–C) groups is 1. The average molecular weight is 335 g/mol. The smallest absolute Gasteiger partial charge is 0.229 e. The van der Waals surface area contributed by atoms with E-state index in [1.807, 2.05) is 72.4 Å². The molecule has 0 unspecified atom stereocenters. The molecule has 0 aliphatic rings. The van der Waals surface area contributed by atoms with Gasteiger partial charge in [0.05, 0.1) is 12.0 Å². The van der Waals surface area contributed by atoms with Crippen molar-refractivity contribution in [3.8, 4) is 5.75 Å². The molecule has 0 atom stereocenters. The summed E-state index contributed by atoms with van der Waals surface area (Å²) < 4.78 is 7.96. The highest BCUT2D eigenvalue weighted by atomic mass is 28.3. The highest BCUT2D eigenvalue weighted by Gasteiger charge is 2.12. The maximum atomic E-state index is 6.03. The van der Waals surface area contributed by atoms with Crippen molar-refractivity contribution < 1.29 is 4.43 Å². The van der Waals surface area contributed by atoms with Crippen LogP contribution in [0.15, 0.2) is 72.1 Å². The van der Waals surface area contributed by atoms with Crippen molar-refractivity contribution in [1.82, 2.24) is 9.55 Å². The lowest BCUT2D eigenvalue weighted by Gasteiger charge is -2.12. The van der Waals surface area contributed by atoms with E-state index in [0.29, 0.717) is 0 Å². The normalized spacial score (nSPS) is 11.8. The number of aryl methyl sites for hydroxylation is 1. The van der Waals surface area contributed by atoms with Crippen LogP contribution < -0.4 is 4.43 Å². The van der Waals surface area contributed by atoms with E-state index >= 15 is 0 Å². The first-order valence-corrected chi connectivity index (χ1v) is 10.8. The maximum absolute atomic E-state index is 6.03. The van der Waals surface area contributed by atoms with Gasteiger partial charge in [0.1, 0.15) is 17.1 Å². The Morgan fingerprint density at radius 3 is 2.42 bits per heavy atom. The Bertz CT molecular complexity index is 841. The van der Waals surface area contributed by atoms with E-state index in [1.54, 1.807) is 6.33 Å². The summed E-state index contributed by atoms with van der Waals surface area (Å²) in [5.41, 5.74) is 3.56. The van der Waals surface area contributed by atoms with Crippen molar-refractivity contribution in [3.05, 3.63) is 78.4 Å². The van der Waals surface area contributed by atoms with E-state index in [9.17, 15) is 0 Å². The Hall–Kier alpha value is -2.66. The van der Waals surface area contributed by atoms with Crippen LogP contribution in [0.25, 0.3) is 0 Å². The fraction of sp³-hybridized carbons (Fsp3) is 0.158. The molecule has 0 aliphatic heterocycles. The molecular formula is C19H21N3OSi. The number of hydrogen-bond acceptors (Lipinski definition) is 3. The molecule has 1 heterocycles. The first-order valence-electron chi connectivity index (χ1n) is 8.01. The second kappa shape index (κ2) is 7.27. The minimum absolute atomic E-state index is 0.836. The first-order chi connectivity index (χ1) is 11.6. The summed E-state index contributed by atoms with van der Waals surface area (Å²) in [6.45, 7) is 4.30. The van der Waals surface area contributed by atoms with Crippen LogP contribution in [0.2, 0.25) is 13.1 Å². The molecule has 3 rings (SSSR count). The van der Waals surface area contributed by atoms with E-state index in [2.05, 4.69) is 18.1 Å². The summed E-state index contributed by atoms with van der Waals surface area (Å²) in [5, 5.41) is 0. The van der Waals surface area contributed by atoms with E-state index in [0.717, 1.165) is 28.4 Å². The highest BCUT2D eigenvalue weighted by Crippen LogP contribution is 2.29. The van der Waals surface area contributed by atoms with E-state index < -0.39 is 9.04 Å². The Morgan fingerprint density at radius 2 is 1.75 bits per heavy atom. The van der Waals surface area contributed by atoms with Crippen molar-refractivity contribution in [2.24, 2.45) is 12.0 Å². The molecule has 24 heavy (non-hydrogen) atoms. The largest absolute Gasteiger partial charge is 0.546 e. The van der Waals surface area contributed by atoms with Crippen LogP contribution >= 0.6 is 0 Å². The second-order valence-electron chi connectivity index (χ2n) is 5.89. The number of hydrogen-bond donors (Lipinski definition) is 0. The predicted octanol–water partition coefficient (Wildman–Crippen LogP) is 3.95. The molecule has 3 aromatic rings. The molecule has 4 nitrogen and oxygen atoms in total. The van der Waals surface area contributed by atoms with Crippen LogP contribution in [0.4, 0.5) is 5.69 Å². The lowest BCUT2D eigenvalue weighted by molar-refractivity contribution is 0.582. The van der Waals surface area contributed by atoms with Gasteiger partial charge in [-0.2, -0.15) is 0 Å². The number of nitrogens with zero attached hydrogens (tertiary/aromatic N) is 3. The van der Waals surface area contributed by atoms with Crippen molar-refractivity contribution in [2.45, 2.75) is 13.1 Å². The van der Waals surface area contributed by atoms with Gasteiger partial charge in [-0.15, -0.1) is 0 Å². The van der Waals surface area contributed by atoms with Crippen molar-refractivity contribution in [2.75, 3.05) is 0 Å². The fourth-order valence-electron chi connectivity index (χ4n) is 2.42. The zero-order valence-corrected chi connectivity index (χ0v) is 15.3. The highest BCUT2D eigenvalue weighted by molar-refractivity contribution is 6.49. The molecule has 2 aromatic carbocycles. The van der Waals surface area contributed by atoms with Crippen molar-refractivity contribution in [3.63, 3.8) is 0 Å². The minimum atomic E-state index is -1.20. The van der Waals surface area contributed by atoms with Crippen molar-refractivity contribution >= 4 is 20.4 Å². The predicted molar refractivity (Wildman–Crippen MR) is 101 cm³/mol. The van der Waals surface area contributed by atoms with Gasteiger partial charge in [0, 0.05) is 18.8 Å². The molecule has 0 saturated carbocycles. The van der Waals surface area contributed by atoms with E-state index in [4.69, 9.17) is 9.42 Å². The summed E-state index contributed by atoms with van der Waals surface area (Å²) in [4.78, 5) is 9.38. The average Bonchev–Trinajstić information content (AvgIpc) is 3.00. The van der Waals surface area contributed by atoms with Gasteiger partial charge in [-0.3, -0.25) is 0 Å². The fourth-order valence-corrected chi connectivity index (χ4v) is 3.13. The standard InChI is InChI=1S/C19H21N3OSi/c1-22-13-17(20-14-22)19(15-9-5-4-6-10-15)21-16-11-7-8-12-18(16)23-24(2)3/h4-14,24H,1-3H3. The monoisotopic (exact) mass is 335 g/mol. The molecule has 0 bridgehead atoms. The molecule has 0 radical (unpaired) electrons. The van der Waals surface area contributed by atoms with Crippen LogP contribution in [0.5, 0.6) is 5.75 Å². The number of rotatable bonds is 5. The van der Waals surface area contributed by atoms with Gasteiger partial charge < -0.3 is 8.99 Å². The Morgan fingerprint density at radius 1 is 1.04 bits per heavy atom. The van der Waals surface area contributed by atoms with Gasteiger partial charge in [-0.1, -0.05) is 42.5 Å². The molecule has 5 heteroatoms. The van der Waals surface area contributed by atoms with Crippen LogP contribution in [-0.2, 0) is 7.05 Å². The van der Waals surface area contributed by atoms with Gasteiger partial charge in [-0.05, 0) is 25.2 Å². The Labute approximate surface area is 144 Å². The summed E-state index contributed by atoms with van der Waals surface area (Å²) in [7, 11) is 0.756. The van der Waals surface area contributed by atoms with Crippen molar-refractivity contribution in [1.29, 1.82) is 0 Å². The Kier molecular flexibility index (Phi) is 4.91. The molecule has 0 saturated heterocycles. The van der Waals surface area contributed by atoms with Gasteiger partial charge in [0.25, 0.3) is 0 Å². The molecular weight excluding hydrogens is 314 g/mol. The summed E-state index contributed by atoms with van der Waals surface area (Å²) in [5.74, 6) is 0.837. The van der Waals surface area contributed by atoms with Crippen LogP contribution in [-0.4, -0.2) is 24.3 Å². The maximum Gasteiger partial charge on any atom is 0.229 e. The summed E-state index contributed by atoms with van der Waals surface area (Å²) in [6.07, 6.45) is 3.77. The zero-order valence-electron chi connectivity index (χ0n) is 14.2. The van der Waals surface area contributed by atoms with Crippen LogP contribution in [0.1, 0.15) is 11.3 Å². The van der Waals surface area contributed by atoms with Gasteiger partial charge in [0.15, 0.2) is 0 Å². The van der Waals surface area contributed by atoms with Crippen LogP contribution in [0.3, 0.4) is 0 Å². The molecule has 1 aromatic heterocycles. The van der Waals surface area contributed by atoms with Crippen LogP contribution in [0, 0.1) is 0 Å². The Balaban J connectivity index is 2.11. The number of imidazole rings is 1. The summed E-state index contributed by atoms with van der Waals surface area (Å²) in [6, 6.07) is 18.0. The molecule has 0 N–H and O–H groups in total. The topological polar surface area (TPSA) is 39.4 Å². The first kappa shape index (κ1) is 16.2. The molecule has 0 amide bonds. The zero-order chi connectivity index (χ0) is 16.9. The third kappa shape index (κ3) is 3.81. The number of aromatic nitrogens is 2. The van der Waals surface area contributed by atoms with Gasteiger partial charge in [-0.25, -0.2) is 9.98 Å². The molecule has 0 fully saturated rings.